The Morgan fingerprint density at radius 3 is 2.54 bits per heavy atom. The fourth-order valence-corrected chi connectivity index (χ4v) is 5.06. The molecule has 2 aliphatic heterocycles. The first kappa shape index (κ1) is 26.7. The molecule has 1 aromatic carbocycles. The molecule has 0 aliphatic carbocycles. The van der Waals surface area contributed by atoms with E-state index in [0.29, 0.717) is 42.9 Å². The highest BCUT2D eigenvalue weighted by atomic mass is 16.7. The number of nitrogens with zero attached hydrogens (tertiary/aromatic N) is 5. The van der Waals surface area contributed by atoms with Crippen LogP contribution in [0.4, 0.5) is 10.5 Å². The molecule has 0 spiro atoms. The molecule has 4 heterocycles. The van der Waals surface area contributed by atoms with Crippen LogP contribution in [0, 0.1) is 5.92 Å². The van der Waals surface area contributed by atoms with Gasteiger partial charge in [-0.1, -0.05) is 18.6 Å². The van der Waals surface area contributed by atoms with Crippen LogP contribution >= 0.6 is 0 Å². The van der Waals surface area contributed by atoms with Crippen molar-refractivity contribution in [2.45, 2.75) is 51.6 Å². The number of anilines is 1. The van der Waals surface area contributed by atoms with Crippen LogP contribution in [0.1, 0.15) is 54.9 Å². The Morgan fingerprint density at radius 2 is 1.85 bits per heavy atom. The number of aromatic nitrogens is 3. The van der Waals surface area contributed by atoms with E-state index < -0.39 is 6.09 Å². The number of carbonyl (C=O) groups is 2. The molecular weight excluding hydrogens is 496 g/mol. The Labute approximate surface area is 228 Å². The molecule has 1 N–H and O–H groups in total. The second-order valence-corrected chi connectivity index (χ2v) is 10.4. The predicted octanol–water partition coefficient (Wildman–Crippen LogP) is 4.24. The number of ether oxygens (including phenoxy) is 1. The molecule has 0 saturated carbocycles. The fourth-order valence-electron chi connectivity index (χ4n) is 5.06. The topological polar surface area (TPSA) is 102 Å². The van der Waals surface area contributed by atoms with Crippen molar-refractivity contribution in [1.82, 2.24) is 24.7 Å². The van der Waals surface area contributed by atoms with Crippen molar-refractivity contribution in [3.05, 3.63) is 72.2 Å². The van der Waals surface area contributed by atoms with Crippen LogP contribution in [-0.2, 0) is 6.54 Å². The molecule has 2 aliphatic rings. The number of rotatable bonds is 8. The summed E-state index contributed by atoms with van der Waals surface area (Å²) in [5, 5.41) is 6.89. The molecule has 39 heavy (non-hydrogen) atoms. The van der Waals surface area contributed by atoms with Gasteiger partial charge in [0.1, 0.15) is 6.61 Å². The van der Waals surface area contributed by atoms with Crippen LogP contribution in [0.15, 0.2) is 61.1 Å². The number of likely N-dealkylation sites (tertiary alicyclic amines) is 2. The third kappa shape index (κ3) is 7.35. The third-order valence-electron chi connectivity index (χ3n) is 7.52. The van der Waals surface area contributed by atoms with Crippen LogP contribution in [-0.4, -0.2) is 69.0 Å². The van der Waals surface area contributed by atoms with Crippen molar-refractivity contribution in [2.75, 3.05) is 31.6 Å². The van der Waals surface area contributed by atoms with E-state index >= 15 is 0 Å². The Hall–Kier alpha value is -3.92. The SMILES string of the molecule is CC1CCCCN1Cc1ccc(C(=O)Nc2ccc(OC(=O)N3CCC(COn4cccn4)CC3)nc2)cc1. The molecule has 3 aromatic rings. The number of benzene rings is 1. The molecule has 2 amide bonds. The summed E-state index contributed by atoms with van der Waals surface area (Å²) < 4.78 is 5.45. The Bertz CT molecular complexity index is 1210. The summed E-state index contributed by atoms with van der Waals surface area (Å²) in [6, 6.07) is 13.4. The number of amides is 2. The zero-order valence-electron chi connectivity index (χ0n) is 22.4. The lowest BCUT2D eigenvalue weighted by Crippen LogP contribution is -2.41. The molecule has 2 saturated heterocycles. The number of carbonyl (C=O) groups excluding carboxylic acids is 2. The summed E-state index contributed by atoms with van der Waals surface area (Å²) in [7, 11) is 0. The molecule has 0 bridgehead atoms. The maximum absolute atomic E-state index is 12.7. The van der Waals surface area contributed by atoms with Gasteiger partial charge in [-0.25, -0.2) is 9.78 Å². The van der Waals surface area contributed by atoms with E-state index in [1.165, 1.54) is 35.9 Å². The van der Waals surface area contributed by atoms with Gasteiger partial charge in [0.2, 0.25) is 5.88 Å². The molecule has 2 aromatic heterocycles. The van der Waals surface area contributed by atoms with Gasteiger partial charge in [0.05, 0.1) is 24.3 Å². The number of piperidine rings is 2. The van der Waals surface area contributed by atoms with Gasteiger partial charge >= 0.3 is 6.09 Å². The molecular formula is C29H36N6O4. The normalized spacial score (nSPS) is 18.5. The highest BCUT2D eigenvalue weighted by molar-refractivity contribution is 6.04. The lowest BCUT2D eigenvalue weighted by atomic mass is 9.98. The van der Waals surface area contributed by atoms with Crippen molar-refractivity contribution < 1.29 is 19.2 Å². The summed E-state index contributed by atoms with van der Waals surface area (Å²) in [5.74, 6) is 0.339. The monoisotopic (exact) mass is 532 g/mol. The van der Waals surface area contributed by atoms with Crippen molar-refractivity contribution in [2.24, 2.45) is 5.92 Å². The van der Waals surface area contributed by atoms with Gasteiger partial charge in [0, 0.05) is 37.3 Å². The van der Waals surface area contributed by atoms with E-state index in [9.17, 15) is 9.59 Å². The molecule has 1 atom stereocenters. The predicted molar refractivity (Wildman–Crippen MR) is 146 cm³/mol. The molecule has 2 fully saturated rings. The summed E-state index contributed by atoms with van der Waals surface area (Å²) in [6.07, 6.45) is 9.94. The molecule has 5 rings (SSSR count). The van der Waals surface area contributed by atoms with Crippen molar-refractivity contribution in [3.63, 3.8) is 0 Å². The molecule has 206 valence electrons. The average molecular weight is 533 g/mol. The quantitative estimate of drug-likeness (QED) is 0.463. The van der Waals surface area contributed by atoms with Gasteiger partial charge in [-0.3, -0.25) is 9.69 Å². The van der Waals surface area contributed by atoms with Crippen molar-refractivity contribution in [1.29, 1.82) is 0 Å². The minimum atomic E-state index is -0.426. The Kier molecular flexibility index (Phi) is 8.72. The molecule has 0 radical (unpaired) electrons. The average Bonchev–Trinajstić information content (AvgIpc) is 3.49. The lowest BCUT2D eigenvalue weighted by Gasteiger charge is -2.33. The van der Waals surface area contributed by atoms with Crippen molar-refractivity contribution >= 4 is 17.7 Å². The second-order valence-electron chi connectivity index (χ2n) is 10.4. The first-order chi connectivity index (χ1) is 19.0. The summed E-state index contributed by atoms with van der Waals surface area (Å²) in [5.41, 5.74) is 2.32. The largest absolute Gasteiger partial charge is 0.416 e. The maximum Gasteiger partial charge on any atom is 0.416 e. The summed E-state index contributed by atoms with van der Waals surface area (Å²) in [4.78, 5) is 40.7. The van der Waals surface area contributed by atoms with Gasteiger partial charge in [-0.05, 0) is 74.9 Å². The van der Waals surface area contributed by atoms with E-state index in [-0.39, 0.29) is 11.8 Å². The van der Waals surface area contributed by atoms with Gasteiger partial charge < -0.3 is 19.8 Å². The highest BCUT2D eigenvalue weighted by Crippen LogP contribution is 2.21. The number of pyridine rings is 1. The highest BCUT2D eigenvalue weighted by Gasteiger charge is 2.25. The molecule has 1 unspecified atom stereocenters. The number of nitrogens with one attached hydrogen (secondary N) is 1. The first-order valence-electron chi connectivity index (χ1n) is 13.7. The lowest BCUT2D eigenvalue weighted by molar-refractivity contribution is 0.0365. The number of hydrogen-bond acceptors (Lipinski definition) is 7. The Morgan fingerprint density at radius 1 is 1.03 bits per heavy atom. The van der Waals surface area contributed by atoms with E-state index in [2.05, 4.69) is 27.2 Å². The van der Waals surface area contributed by atoms with Crippen LogP contribution in [0.2, 0.25) is 0 Å². The maximum atomic E-state index is 12.7. The fraction of sp³-hybridized carbons (Fsp3) is 0.448. The first-order valence-corrected chi connectivity index (χ1v) is 13.7. The van der Waals surface area contributed by atoms with Crippen LogP contribution in [0.25, 0.3) is 0 Å². The van der Waals surface area contributed by atoms with Gasteiger partial charge in [0.15, 0.2) is 0 Å². The molecule has 10 nitrogen and oxygen atoms in total. The second kappa shape index (κ2) is 12.8. The van der Waals surface area contributed by atoms with Gasteiger partial charge in [-0.15, -0.1) is 9.94 Å². The minimum Gasteiger partial charge on any atom is -0.396 e. The smallest absolute Gasteiger partial charge is 0.396 e. The van der Waals surface area contributed by atoms with E-state index in [1.54, 1.807) is 29.4 Å². The van der Waals surface area contributed by atoms with Gasteiger partial charge in [-0.2, -0.15) is 0 Å². The van der Waals surface area contributed by atoms with Crippen molar-refractivity contribution in [3.8, 4) is 5.88 Å². The van der Waals surface area contributed by atoms with E-state index in [4.69, 9.17) is 9.57 Å². The zero-order valence-corrected chi connectivity index (χ0v) is 22.4. The minimum absolute atomic E-state index is 0.193. The van der Waals surface area contributed by atoms with Crippen LogP contribution in [0.3, 0.4) is 0 Å². The third-order valence-corrected chi connectivity index (χ3v) is 7.52. The van der Waals surface area contributed by atoms with E-state index in [1.807, 2.05) is 30.3 Å². The standard InChI is InChI=1S/C29H36N6O4/c1-22-5-2-3-15-34(22)20-23-6-8-25(9-7-23)28(36)32-26-10-11-27(30-19-26)39-29(37)33-17-12-24(13-18-33)21-38-35-16-4-14-31-35/h4,6-11,14,16,19,22,24H,2-3,5,12-13,15,17-18,20-21H2,1H3,(H,32,36). The molecule has 10 heteroatoms. The van der Waals surface area contributed by atoms with Gasteiger partial charge in [0.25, 0.3) is 5.91 Å². The Balaban J connectivity index is 1.05. The summed E-state index contributed by atoms with van der Waals surface area (Å²) >= 11 is 0. The van der Waals surface area contributed by atoms with Crippen LogP contribution in [0.5, 0.6) is 5.88 Å². The van der Waals surface area contributed by atoms with E-state index in [0.717, 1.165) is 25.9 Å². The summed E-state index contributed by atoms with van der Waals surface area (Å²) in [6.45, 7) is 6.06. The number of hydrogen-bond donors (Lipinski definition) is 1. The zero-order chi connectivity index (χ0) is 27.0. The van der Waals surface area contributed by atoms with Crippen LogP contribution < -0.4 is 14.9 Å².